The first-order chi connectivity index (χ1) is 52.3. The third-order valence-corrected chi connectivity index (χ3v) is 26.4. The summed E-state index contributed by atoms with van der Waals surface area (Å²) in [4.78, 5) is 49.0. The van der Waals surface area contributed by atoms with Crippen LogP contribution >= 0.6 is 0 Å². The fraction of sp³-hybridized carbons (Fsp3) is 0.250. The van der Waals surface area contributed by atoms with Gasteiger partial charge in [-0.1, -0.05) is 98.5 Å². The number of nitro groups is 4. The molecule has 0 N–H and O–H groups in total. The molecule has 0 fully saturated rings. The largest absolute Gasteiger partial charge is 0.450 e. The zero-order chi connectivity index (χ0) is 81.5. The minimum absolute atomic E-state index is 0.128. The maximum Gasteiger partial charge on any atom is 0.339 e. The van der Waals surface area contributed by atoms with Crippen LogP contribution in [-0.2, 0) is 40.5 Å². The molecule has 8 bridgehead atoms. The van der Waals surface area contributed by atoms with Crippen molar-refractivity contribution in [2.45, 2.75) is 154 Å². The normalized spacial score (nSPS) is 15.6. The van der Waals surface area contributed by atoms with Crippen molar-refractivity contribution in [3.63, 3.8) is 0 Å². The summed E-state index contributed by atoms with van der Waals surface area (Å²) in [5.41, 5.74) is -0.681. The number of hydrogen-bond acceptors (Lipinski definition) is 24. The second-order valence-electron chi connectivity index (χ2n) is 28.7. The summed E-state index contributed by atoms with van der Waals surface area (Å²) < 4.78 is 176. The highest BCUT2D eigenvalue weighted by molar-refractivity contribution is 7.88. The predicted molar refractivity (Wildman–Crippen MR) is 410 cm³/mol. The van der Waals surface area contributed by atoms with Crippen LogP contribution in [0.4, 0.5) is 22.7 Å². The lowest BCUT2D eigenvalue weighted by molar-refractivity contribution is -0.395. The van der Waals surface area contributed by atoms with Crippen molar-refractivity contribution in [2.24, 2.45) is 0 Å². The Kier molecular flexibility index (Phi) is 19.6. The van der Waals surface area contributed by atoms with Gasteiger partial charge < -0.3 is 35.7 Å². The van der Waals surface area contributed by atoms with Crippen molar-refractivity contribution < 1.29 is 89.0 Å². The first-order valence-corrected chi connectivity index (χ1v) is 40.4. The molecule has 2 aliphatic heterocycles. The Morgan fingerprint density at radius 3 is 0.598 bits per heavy atom. The van der Waals surface area contributed by atoms with Gasteiger partial charge in [0, 0.05) is 105 Å². The molecule has 0 saturated heterocycles. The molecule has 0 amide bonds. The zero-order valence-corrected chi connectivity index (χ0v) is 66.3. The highest BCUT2D eigenvalue weighted by Crippen LogP contribution is 2.57. The SMILES string of the molecule is Cc1cc(C)c(S(=O)(=O)Oc2cc(OS(=O)(=O)c3c(C)cc(C)cc3C)c3cc2C(C)c2cc4c5cc2Oc2cc(c([N+](=O)[O-])cc2[N+](=O)[O-])Oc2cc(c(cc2C3C)C(C)c2cc(c(OS(=O)(=O)c3c(C)cc(C)cc3C)cc2OS(=O)(=O)c2c(C)cc(C)cc2C)C4C)Oc2cc(c([N+](=O)[O-])cc2[N+](=O)[O-])O5)c(C)c1. The van der Waals surface area contributed by atoms with Gasteiger partial charge in [0.15, 0.2) is 23.0 Å². The molecule has 0 aromatic heterocycles. The average Bonchev–Trinajstić information content (AvgIpc) is 0.741. The Hall–Kier alpha value is -12.0. The number of fused-ring (bicyclic) bond motifs is 12. The molecule has 2 aliphatic rings. The van der Waals surface area contributed by atoms with E-state index in [4.69, 9.17) is 35.7 Å². The molecule has 0 spiro atoms. The average molecular weight is 1600 g/mol. The Morgan fingerprint density at radius 1 is 0.250 bits per heavy atom. The maximum atomic E-state index is 15.5. The van der Waals surface area contributed by atoms with Crippen molar-refractivity contribution in [1.29, 1.82) is 0 Å². The lowest BCUT2D eigenvalue weighted by Crippen LogP contribution is -2.19. The van der Waals surface area contributed by atoms with Crippen LogP contribution in [0.2, 0.25) is 0 Å². The number of rotatable bonds is 16. The molecule has 580 valence electrons. The van der Waals surface area contributed by atoms with Crippen molar-refractivity contribution in [1.82, 2.24) is 0 Å². The molecule has 4 unspecified atom stereocenters. The van der Waals surface area contributed by atoms with Crippen molar-refractivity contribution in [2.75, 3.05) is 0 Å². The van der Waals surface area contributed by atoms with Crippen LogP contribution in [0, 0.1) is 124 Å². The summed E-state index contributed by atoms with van der Waals surface area (Å²) in [6.45, 7) is 25.4. The first-order valence-electron chi connectivity index (χ1n) is 34.8. The van der Waals surface area contributed by atoms with Crippen molar-refractivity contribution in [3.8, 4) is 69.0 Å². The van der Waals surface area contributed by atoms with Crippen molar-refractivity contribution >= 4 is 63.2 Å². The molecule has 10 aromatic carbocycles. The molecule has 10 aromatic rings. The van der Waals surface area contributed by atoms with Gasteiger partial charge in [-0.25, -0.2) is 0 Å². The molecule has 112 heavy (non-hydrogen) atoms. The molecule has 2 heterocycles. The number of hydrogen-bond donors (Lipinski definition) is 0. The molecule has 32 heteroatoms. The maximum absolute atomic E-state index is 15.5. The van der Waals surface area contributed by atoms with Gasteiger partial charge in [0.25, 0.3) is 0 Å². The Labute approximate surface area is 644 Å². The highest BCUT2D eigenvalue weighted by Gasteiger charge is 2.41. The molecule has 4 atom stereocenters. The van der Waals surface area contributed by atoms with Crippen molar-refractivity contribution in [3.05, 3.63) is 273 Å². The molecular weight excluding hydrogens is 1530 g/mol. The smallest absolute Gasteiger partial charge is 0.339 e. The number of nitro benzene ring substituents is 4. The summed E-state index contributed by atoms with van der Waals surface area (Å²) in [6, 6.07) is 25.2. The zero-order valence-electron chi connectivity index (χ0n) is 63.1. The van der Waals surface area contributed by atoms with Crippen LogP contribution in [-0.4, -0.2) is 53.4 Å². The highest BCUT2D eigenvalue weighted by atomic mass is 32.2. The number of nitrogens with zero attached hydrogens (tertiary/aromatic N) is 4. The van der Waals surface area contributed by atoms with E-state index in [-0.39, 0.29) is 109 Å². The van der Waals surface area contributed by atoms with Gasteiger partial charge >= 0.3 is 63.2 Å². The quantitative estimate of drug-likeness (QED) is 0.0492. The second kappa shape index (κ2) is 28.1. The topological polar surface area (TPSA) is 383 Å². The van der Waals surface area contributed by atoms with Gasteiger partial charge in [0.05, 0.1) is 19.7 Å². The number of benzene rings is 10. The van der Waals surface area contributed by atoms with Gasteiger partial charge in [-0.3, -0.25) is 40.5 Å². The lowest BCUT2D eigenvalue weighted by Gasteiger charge is -2.30. The fourth-order valence-corrected chi connectivity index (χ4v) is 21.2. The molecule has 0 saturated carbocycles. The second-order valence-corrected chi connectivity index (χ2v) is 34.6. The van der Waals surface area contributed by atoms with E-state index in [1.165, 1.54) is 52.0 Å². The molecular formula is C80H72N4O24S4. The number of aryl methyl sites for hydroxylation is 12. The van der Waals surface area contributed by atoms with Gasteiger partial charge in [-0.2, -0.15) is 33.7 Å². The van der Waals surface area contributed by atoms with E-state index >= 15 is 33.7 Å². The molecule has 12 rings (SSSR count). The van der Waals surface area contributed by atoms with Crippen LogP contribution in [0.3, 0.4) is 0 Å². The summed E-state index contributed by atoms with van der Waals surface area (Å²) >= 11 is 0. The summed E-state index contributed by atoms with van der Waals surface area (Å²) in [5.74, 6) is -13.5. The van der Waals surface area contributed by atoms with E-state index in [1.54, 1.807) is 132 Å². The van der Waals surface area contributed by atoms with Crippen LogP contribution in [0.1, 0.15) is 163 Å². The van der Waals surface area contributed by atoms with Crippen LogP contribution in [0.15, 0.2) is 141 Å². The minimum Gasteiger partial charge on any atom is -0.450 e. The third-order valence-electron chi connectivity index (χ3n) is 20.3. The Balaban J connectivity index is 1.26. The summed E-state index contributed by atoms with van der Waals surface area (Å²) in [6.07, 6.45) is 0. The first kappa shape index (κ1) is 78.1. The van der Waals surface area contributed by atoms with E-state index in [0.717, 1.165) is 36.4 Å². The monoisotopic (exact) mass is 1600 g/mol. The number of ether oxygens (including phenoxy) is 4. The standard InChI is InChI=1S/C80H72N4O24S4/c1-37-17-41(5)77(42(6)18-37)109(93,94)105-69-33-70(106-110(95,96)78-43(7)19-38(2)20-44(78)8)58-27-57(69)49(13)53-25-54-51(15)59-28-60(72(108-112(99,100)80-47(11)23-40(4)24-48(80)12)34-71(59)107-111(97,98)79-45(9)21-39(3)22-46(79)10)52(16)56-26-55(50(58)14)67-32-68(56)104-76-36-75(63(83(89)90)30-64(76)84(91)92)102-66(54)31-65(53)101-73-35-74(103-67)62(82(87)88)29-61(73)81(85)86/h17-36,49-52H,1-16H3. The van der Waals surface area contributed by atoms with E-state index < -0.39 is 176 Å². The van der Waals surface area contributed by atoms with Gasteiger partial charge in [-0.05, 0) is 152 Å². The lowest BCUT2D eigenvalue weighted by atomic mass is 9.80. The van der Waals surface area contributed by atoms with E-state index in [0.29, 0.717) is 34.4 Å². The fourth-order valence-electron chi connectivity index (χ4n) is 15.7. The molecule has 0 aliphatic carbocycles. The van der Waals surface area contributed by atoms with E-state index in [9.17, 15) is 40.5 Å². The van der Waals surface area contributed by atoms with Crippen LogP contribution in [0.5, 0.6) is 69.0 Å². The summed E-state index contributed by atoms with van der Waals surface area (Å²) in [7, 11) is -20.3. The van der Waals surface area contributed by atoms with Crippen LogP contribution in [0.25, 0.3) is 0 Å². The third kappa shape index (κ3) is 14.1. The van der Waals surface area contributed by atoms with Gasteiger partial charge in [0.1, 0.15) is 54.7 Å². The Morgan fingerprint density at radius 2 is 0.420 bits per heavy atom. The molecule has 28 nitrogen and oxygen atoms in total. The Bertz CT molecular complexity index is 5530. The van der Waals surface area contributed by atoms with Gasteiger partial charge in [0.2, 0.25) is 23.0 Å². The predicted octanol–water partition coefficient (Wildman–Crippen LogP) is 18.8. The van der Waals surface area contributed by atoms with E-state index in [2.05, 4.69) is 0 Å². The van der Waals surface area contributed by atoms with E-state index in [1.807, 2.05) is 0 Å². The minimum atomic E-state index is -5.07. The summed E-state index contributed by atoms with van der Waals surface area (Å²) in [5, 5.41) is 54.1. The van der Waals surface area contributed by atoms with Gasteiger partial charge in [-0.15, -0.1) is 0 Å². The molecule has 0 radical (unpaired) electrons. The van der Waals surface area contributed by atoms with Crippen LogP contribution < -0.4 is 35.7 Å².